The standard InChI is InChI=1S/C15H17NO2/c17-15(18)14-10-6-12-16(14)11-5-4-9-13-7-2-1-3-8-13/h1-3,6-8,10,12H,4-5,9,11H2,(H,17,18). The van der Waals surface area contributed by atoms with Crippen LogP contribution in [0.25, 0.3) is 0 Å². The van der Waals surface area contributed by atoms with Crippen LogP contribution >= 0.6 is 0 Å². The largest absolute Gasteiger partial charge is 0.477 e. The van der Waals surface area contributed by atoms with Crippen molar-refractivity contribution in [2.24, 2.45) is 0 Å². The Morgan fingerprint density at radius 3 is 2.56 bits per heavy atom. The van der Waals surface area contributed by atoms with Crippen LogP contribution < -0.4 is 0 Å². The fourth-order valence-corrected chi connectivity index (χ4v) is 2.06. The van der Waals surface area contributed by atoms with E-state index in [1.54, 1.807) is 16.7 Å². The highest BCUT2D eigenvalue weighted by Gasteiger charge is 2.07. The number of unbranched alkanes of at least 4 members (excludes halogenated alkanes) is 1. The average Bonchev–Trinajstić information content (AvgIpc) is 2.84. The lowest BCUT2D eigenvalue weighted by Gasteiger charge is -2.06. The van der Waals surface area contributed by atoms with E-state index in [1.807, 2.05) is 24.4 Å². The van der Waals surface area contributed by atoms with Gasteiger partial charge in [0.15, 0.2) is 0 Å². The maximum Gasteiger partial charge on any atom is 0.352 e. The molecular weight excluding hydrogens is 226 g/mol. The molecule has 0 aliphatic carbocycles. The zero-order chi connectivity index (χ0) is 12.8. The number of rotatable bonds is 6. The highest BCUT2D eigenvalue weighted by Crippen LogP contribution is 2.08. The monoisotopic (exact) mass is 243 g/mol. The SMILES string of the molecule is O=C(O)c1cccn1CCCCc1ccccc1. The molecule has 0 bridgehead atoms. The summed E-state index contributed by atoms with van der Waals surface area (Å²) in [4.78, 5) is 10.9. The molecule has 3 heteroatoms. The summed E-state index contributed by atoms with van der Waals surface area (Å²) in [5.74, 6) is -0.858. The van der Waals surface area contributed by atoms with Gasteiger partial charge in [0.1, 0.15) is 5.69 Å². The molecule has 0 fully saturated rings. The third-order valence-electron chi connectivity index (χ3n) is 3.01. The third-order valence-corrected chi connectivity index (χ3v) is 3.01. The minimum atomic E-state index is -0.858. The fourth-order valence-electron chi connectivity index (χ4n) is 2.06. The van der Waals surface area contributed by atoms with Gasteiger partial charge < -0.3 is 9.67 Å². The Labute approximate surface area is 107 Å². The summed E-state index contributed by atoms with van der Waals surface area (Å²) in [6.07, 6.45) is 4.93. The summed E-state index contributed by atoms with van der Waals surface area (Å²) in [6.45, 7) is 0.765. The Balaban J connectivity index is 1.79. The first-order chi connectivity index (χ1) is 8.77. The predicted molar refractivity (Wildman–Crippen MR) is 70.8 cm³/mol. The van der Waals surface area contributed by atoms with Crippen LogP contribution in [-0.4, -0.2) is 15.6 Å². The number of hydrogen-bond donors (Lipinski definition) is 1. The highest BCUT2D eigenvalue weighted by molar-refractivity contribution is 5.85. The van der Waals surface area contributed by atoms with Crippen LogP contribution in [0.2, 0.25) is 0 Å². The van der Waals surface area contributed by atoms with Gasteiger partial charge in [-0.25, -0.2) is 4.79 Å². The van der Waals surface area contributed by atoms with Crippen molar-refractivity contribution in [2.75, 3.05) is 0 Å². The van der Waals surface area contributed by atoms with E-state index in [1.165, 1.54) is 5.56 Å². The highest BCUT2D eigenvalue weighted by atomic mass is 16.4. The molecule has 0 atom stereocenters. The Morgan fingerprint density at radius 1 is 1.06 bits per heavy atom. The number of carboxylic acids is 1. The Hall–Kier alpha value is -2.03. The topological polar surface area (TPSA) is 42.2 Å². The maximum absolute atomic E-state index is 10.9. The third kappa shape index (κ3) is 3.23. The van der Waals surface area contributed by atoms with E-state index >= 15 is 0 Å². The van der Waals surface area contributed by atoms with Crippen molar-refractivity contribution >= 4 is 5.97 Å². The van der Waals surface area contributed by atoms with Gasteiger partial charge in [-0.3, -0.25) is 0 Å². The lowest BCUT2D eigenvalue weighted by atomic mass is 10.1. The second kappa shape index (κ2) is 6.05. The van der Waals surface area contributed by atoms with Gasteiger partial charge in [-0.2, -0.15) is 0 Å². The fraction of sp³-hybridized carbons (Fsp3) is 0.267. The molecule has 0 aliphatic rings. The number of carboxylic acid groups (broad SMARTS) is 1. The molecule has 3 nitrogen and oxygen atoms in total. The summed E-state index contributed by atoms with van der Waals surface area (Å²) in [7, 11) is 0. The molecule has 0 aliphatic heterocycles. The molecule has 1 N–H and O–H groups in total. The number of carbonyl (C=O) groups is 1. The molecule has 0 saturated carbocycles. The summed E-state index contributed by atoms with van der Waals surface area (Å²) in [6, 6.07) is 13.8. The van der Waals surface area contributed by atoms with Gasteiger partial charge in [0.2, 0.25) is 0 Å². The second-order valence-electron chi connectivity index (χ2n) is 4.33. The van der Waals surface area contributed by atoms with Crippen LogP contribution in [-0.2, 0) is 13.0 Å². The molecule has 2 rings (SSSR count). The van der Waals surface area contributed by atoms with Crippen molar-refractivity contribution in [3.05, 3.63) is 59.9 Å². The normalized spacial score (nSPS) is 10.4. The summed E-state index contributed by atoms with van der Waals surface area (Å²) >= 11 is 0. The maximum atomic E-state index is 10.9. The number of aromatic carboxylic acids is 1. The van der Waals surface area contributed by atoms with E-state index in [0.29, 0.717) is 5.69 Å². The number of benzene rings is 1. The van der Waals surface area contributed by atoms with Crippen molar-refractivity contribution < 1.29 is 9.90 Å². The predicted octanol–water partition coefficient (Wildman–Crippen LogP) is 3.21. The van der Waals surface area contributed by atoms with Crippen LogP contribution in [0.4, 0.5) is 0 Å². The Morgan fingerprint density at radius 2 is 1.83 bits per heavy atom. The minimum Gasteiger partial charge on any atom is -0.477 e. The van der Waals surface area contributed by atoms with E-state index in [-0.39, 0.29) is 0 Å². The van der Waals surface area contributed by atoms with Crippen molar-refractivity contribution in [2.45, 2.75) is 25.8 Å². The first-order valence-corrected chi connectivity index (χ1v) is 6.20. The van der Waals surface area contributed by atoms with E-state index in [4.69, 9.17) is 5.11 Å². The number of aromatic nitrogens is 1. The van der Waals surface area contributed by atoms with Gasteiger partial charge in [-0.15, -0.1) is 0 Å². The van der Waals surface area contributed by atoms with Gasteiger partial charge in [0, 0.05) is 12.7 Å². The minimum absolute atomic E-state index is 0.370. The molecule has 0 saturated heterocycles. The molecule has 2 aromatic rings. The quantitative estimate of drug-likeness (QED) is 0.791. The zero-order valence-corrected chi connectivity index (χ0v) is 10.2. The van der Waals surface area contributed by atoms with Crippen LogP contribution in [0, 0.1) is 0 Å². The van der Waals surface area contributed by atoms with Crippen LogP contribution in [0.15, 0.2) is 48.7 Å². The number of nitrogens with zero attached hydrogens (tertiary/aromatic N) is 1. The van der Waals surface area contributed by atoms with Crippen molar-refractivity contribution in [1.82, 2.24) is 4.57 Å². The second-order valence-corrected chi connectivity index (χ2v) is 4.33. The molecule has 1 heterocycles. The smallest absolute Gasteiger partial charge is 0.352 e. The van der Waals surface area contributed by atoms with E-state index in [0.717, 1.165) is 25.8 Å². The molecule has 1 aromatic carbocycles. The van der Waals surface area contributed by atoms with Gasteiger partial charge in [-0.1, -0.05) is 30.3 Å². The molecule has 0 radical (unpaired) electrons. The number of aryl methyl sites for hydroxylation is 2. The molecule has 0 amide bonds. The van der Waals surface area contributed by atoms with Crippen molar-refractivity contribution in [1.29, 1.82) is 0 Å². The zero-order valence-electron chi connectivity index (χ0n) is 10.2. The molecule has 94 valence electrons. The van der Waals surface area contributed by atoms with Crippen LogP contribution in [0.3, 0.4) is 0 Å². The van der Waals surface area contributed by atoms with Crippen molar-refractivity contribution in [3.8, 4) is 0 Å². The van der Waals surface area contributed by atoms with Gasteiger partial charge in [0.05, 0.1) is 0 Å². The lowest BCUT2D eigenvalue weighted by molar-refractivity contribution is 0.0685. The van der Waals surface area contributed by atoms with Gasteiger partial charge >= 0.3 is 5.97 Å². The summed E-state index contributed by atoms with van der Waals surface area (Å²) in [5.41, 5.74) is 1.71. The Kier molecular flexibility index (Phi) is 4.18. The van der Waals surface area contributed by atoms with E-state index < -0.39 is 5.97 Å². The molecule has 0 spiro atoms. The summed E-state index contributed by atoms with van der Waals surface area (Å²) < 4.78 is 1.80. The van der Waals surface area contributed by atoms with E-state index in [9.17, 15) is 4.79 Å². The first-order valence-electron chi connectivity index (χ1n) is 6.20. The van der Waals surface area contributed by atoms with Gasteiger partial charge in [-0.05, 0) is 37.0 Å². The van der Waals surface area contributed by atoms with E-state index in [2.05, 4.69) is 12.1 Å². The molecule has 18 heavy (non-hydrogen) atoms. The molecule has 0 unspecified atom stereocenters. The Bertz CT molecular complexity index is 502. The first kappa shape index (κ1) is 12.4. The van der Waals surface area contributed by atoms with Crippen LogP contribution in [0.5, 0.6) is 0 Å². The molecule has 1 aromatic heterocycles. The summed E-state index contributed by atoms with van der Waals surface area (Å²) in [5, 5.41) is 8.97. The van der Waals surface area contributed by atoms with Gasteiger partial charge in [0.25, 0.3) is 0 Å². The number of hydrogen-bond acceptors (Lipinski definition) is 1. The van der Waals surface area contributed by atoms with Crippen molar-refractivity contribution in [3.63, 3.8) is 0 Å². The molecular formula is C15H17NO2. The average molecular weight is 243 g/mol. The lowest BCUT2D eigenvalue weighted by Crippen LogP contribution is -2.07. The van der Waals surface area contributed by atoms with Crippen LogP contribution in [0.1, 0.15) is 28.9 Å².